The molecule has 0 fully saturated rings. The van der Waals surface area contributed by atoms with Gasteiger partial charge in [0.1, 0.15) is 0 Å². The number of amides is 1. The summed E-state index contributed by atoms with van der Waals surface area (Å²) < 4.78 is 37.7. The Labute approximate surface area is 109 Å². The maximum atomic E-state index is 12.6. The van der Waals surface area contributed by atoms with E-state index in [1.165, 1.54) is 17.0 Å². The lowest BCUT2D eigenvalue weighted by molar-refractivity contribution is -0.137. The molecule has 3 nitrogen and oxygen atoms in total. The van der Waals surface area contributed by atoms with Crippen LogP contribution in [-0.4, -0.2) is 35.6 Å². The molecular weight excluding hydrogens is 259 g/mol. The van der Waals surface area contributed by atoms with Crippen molar-refractivity contribution in [2.24, 2.45) is 0 Å². The van der Waals surface area contributed by atoms with Gasteiger partial charge in [-0.3, -0.25) is 4.79 Å². The van der Waals surface area contributed by atoms with Crippen molar-refractivity contribution in [3.8, 4) is 0 Å². The molecule has 0 aliphatic carbocycles. The number of aliphatic hydroxyl groups is 1. The van der Waals surface area contributed by atoms with E-state index >= 15 is 0 Å². The molecule has 0 aliphatic rings. The van der Waals surface area contributed by atoms with Gasteiger partial charge >= 0.3 is 6.18 Å². The van der Waals surface area contributed by atoms with Gasteiger partial charge in [-0.05, 0) is 24.6 Å². The predicted molar refractivity (Wildman–Crippen MR) is 64.7 cm³/mol. The first-order valence-electron chi connectivity index (χ1n) is 5.97. The lowest BCUT2D eigenvalue weighted by Gasteiger charge is -2.21. The van der Waals surface area contributed by atoms with Crippen molar-refractivity contribution in [3.63, 3.8) is 0 Å². The fourth-order valence-corrected chi connectivity index (χ4v) is 1.72. The molecule has 19 heavy (non-hydrogen) atoms. The molecule has 0 radical (unpaired) electrons. The number of rotatable bonds is 5. The van der Waals surface area contributed by atoms with E-state index in [2.05, 4.69) is 0 Å². The van der Waals surface area contributed by atoms with Crippen LogP contribution in [0.3, 0.4) is 0 Å². The Morgan fingerprint density at radius 2 is 2.00 bits per heavy atom. The summed E-state index contributed by atoms with van der Waals surface area (Å²) in [5, 5.41) is 8.87. The molecule has 0 unspecified atom stereocenters. The maximum absolute atomic E-state index is 12.6. The van der Waals surface area contributed by atoms with Crippen LogP contribution in [0.4, 0.5) is 13.2 Å². The molecule has 0 atom stereocenters. The van der Waals surface area contributed by atoms with Crippen LogP contribution in [0, 0.1) is 0 Å². The zero-order chi connectivity index (χ0) is 14.5. The Balaban J connectivity index is 2.98. The topological polar surface area (TPSA) is 40.5 Å². The number of alkyl halides is 3. The lowest BCUT2D eigenvalue weighted by Crippen LogP contribution is -2.34. The average Bonchev–Trinajstić information content (AvgIpc) is 2.37. The van der Waals surface area contributed by atoms with Crippen molar-refractivity contribution >= 4 is 5.91 Å². The zero-order valence-corrected chi connectivity index (χ0v) is 10.6. The van der Waals surface area contributed by atoms with Crippen molar-refractivity contribution < 1.29 is 23.1 Å². The van der Waals surface area contributed by atoms with E-state index in [-0.39, 0.29) is 18.7 Å². The first-order chi connectivity index (χ1) is 8.90. The summed E-state index contributed by atoms with van der Waals surface area (Å²) >= 11 is 0. The van der Waals surface area contributed by atoms with Gasteiger partial charge in [-0.25, -0.2) is 0 Å². The van der Waals surface area contributed by atoms with Crippen LogP contribution in [0.15, 0.2) is 24.3 Å². The first-order valence-corrected chi connectivity index (χ1v) is 5.97. The number of benzene rings is 1. The van der Waals surface area contributed by atoms with Gasteiger partial charge in [-0.2, -0.15) is 13.2 Å². The summed E-state index contributed by atoms with van der Waals surface area (Å²) in [5.41, 5.74) is -0.865. The fourth-order valence-electron chi connectivity index (χ4n) is 1.72. The lowest BCUT2D eigenvalue weighted by atomic mass is 10.1. The van der Waals surface area contributed by atoms with Crippen molar-refractivity contribution in [1.29, 1.82) is 0 Å². The Hall–Kier alpha value is -1.56. The normalized spacial score (nSPS) is 11.4. The molecule has 0 spiro atoms. The van der Waals surface area contributed by atoms with Gasteiger partial charge in [0, 0.05) is 18.7 Å². The second kappa shape index (κ2) is 6.56. The van der Waals surface area contributed by atoms with E-state index < -0.39 is 17.6 Å². The van der Waals surface area contributed by atoms with Gasteiger partial charge in [0.25, 0.3) is 5.91 Å². The van der Waals surface area contributed by atoms with Crippen molar-refractivity contribution in [1.82, 2.24) is 4.90 Å². The van der Waals surface area contributed by atoms with Crippen molar-refractivity contribution in [2.75, 3.05) is 19.7 Å². The van der Waals surface area contributed by atoms with Crippen LogP contribution < -0.4 is 0 Å². The number of carbonyl (C=O) groups excluding carboxylic acids is 1. The number of carbonyl (C=O) groups is 1. The van der Waals surface area contributed by atoms with Crippen LogP contribution in [0.25, 0.3) is 0 Å². The third kappa shape index (κ3) is 4.24. The zero-order valence-electron chi connectivity index (χ0n) is 10.6. The second-order valence-electron chi connectivity index (χ2n) is 4.09. The molecule has 6 heteroatoms. The Morgan fingerprint density at radius 3 is 2.53 bits per heavy atom. The van der Waals surface area contributed by atoms with Gasteiger partial charge in [0.2, 0.25) is 0 Å². The van der Waals surface area contributed by atoms with Crippen LogP contribution in [0.2, 0.25) is 0 Å². The third-order valence-electron chi connectivity index (χ3n) is 2.59. The Kier molecular flexibility index (Phi) is 5.35. The molecule has 0 saturated heterocycles. The predicted octanol–water partition coefficient (Wildman–Crippen LogP) is 2.55. The Bertz CT molecular complexity index is 426. The third-order valence-corrected chi connectivity index (χ3v) is 2.59. The molecule has 1 amide bonds. The summed E-state index contributed by atoms with van der Waals surface area (Å²) in [5.74, 6) is -0.498. The van der Waals surface area contributed by atoms with E-state index in [4.69, 9.17) is 5.11 Å². The molecule has 1 rings (SSSR count). The minimum atomic E-state index is -4.47. The second-order valence-corrected chi connectivity index (χ2v) is 4.09. The molecule has 106 valence electrons. The van der Waals surface area contributed by atoms with Crippen LogP contribution in [-0.2, 0) is 6.18 Å². The molecule has 0 bridgehead atoms. The SMILES string of the molecule is CCCN(CCO)C(=O)c1cccc(C(F)(F)F)c1. The van der Waals surface area contributed by atoms with Gasteiger partial charge in [-0.15, -0.1) is 0 Å². The van der Waals surface area contributed by atoms with Gasteiger partial charge < -0.3 is 10.0 Å². The van der Waals surface area contributed by atoms with Crippen LogP contribution in [0.5, 0.6) is 0 Å². The molecule has 0 heterocycles. The van der Waals surface area contributed by atoms with E-state index in [0.29, 0.717) is 13.0 Å². The number of hydrogen-bond donors (Lipinski definition) is 1. The highest BCUT2D eigenvalue weighted by Gasteiger charge is 2.31. The van der Waals surface area contributed by atoms with Gasteiger partial charge in [-0.1, -0.05) is 13.0 Å². The largest absolute Gasteiger partial charge is 0.416 e. The highest BCUT2D eigenvalue weighted by Crippen LogP contribution is 2.29. The van der Waals surface area contributed by atoms with Crippen LogP contribution in [0.1, 0.15) is 29.3 Å². The maximum Gasteiger partial charge on any atom is 0.416 e. The molecule has 0 aromatic heterocycles. The highest BCUT2D eigenvalue weighted by atomic mass is 19.4. The highest BCUT2D eigenvalue weighted by molar-refractivity contribution is 5.94. The smallest absolute Gasteiger partial charge is 0.395 e. The number of hydrogen-bond acceptors (Lipinski definition) is 2. The average molecular weight is 275 g/mol. The van der Waals surface area contributed by atoms with E-state index in [9.17, 15) is 18.0 Å². The molecule has 0 aliphatic heterocycles. The van der Waals surface area contributed by atoms with E-state index in [1.54, 1.807) is 0 Å². The summed E-state index contributed by atoms with van der Waals surface area (Å²) in [6.07, 6.45) is -3.80. The summed E-state index contributed by atoms with van der Waals surface area (Å²) in [6.45, 7) is 2.15. The van der Waals surface area contributed by atoms with Crippen LogP contribution >= 0.6 is 0 Å². The summed E-state index contributed by atoms with van der Waals surface area (Å²) in [7, 11) is 0. The summed E-state index contributed by atoms with van der Waals surface area (Å²) in [6, 6.07) is 4.31. The number of nitrogens with zero attached hydrogens (tertiary/aromatic N) is 1. The Morgan fingerprint density at radius 1 is 1.32 bits per heavy atom. The quantitative estimate of drug-likeness (QED) is 0.897. The molecule has 1 N–H and O–H groups in total. The van der Waals surface area contributed by atoms with Crippen molar-refractivity contribution in [3.05, 3.63) is 35.4 Å². The number of aliphatic hydroxyl groups excluding tert-OH is 1. The molecular formula is C13H16F3NO2. The van der Waals surface area contributed by atoms with E-state index in [1.807, 2.05) is 6.92 Å². The monoisotopic (exact) mass is 275 g/mol. The summed E-state index contributed by atoms with van der Waals surface area (Å²) in [4.78, 5) is 13.4. The molecule has 0 saturated carbocycles. The standard InChI is InChI=1S/C13H16F3NO2/c1-2-6-17(7-8-18)12(19)10-4-3-5-11(9-10)13(14,15)16/h3-5,9,18H,2,6-8H2,1H3. The molecule has 1 aromatic carbocycles. The molecule has 1 aromatic rings. The fraction of sp³-hybridized carbons (Fsp3) is 0.462. The number of halogens is 3. The minimum absolute atomic E-state index is 0.0169. The van der Waals surface area contributed by atoms with Gasteiger partial charge in [0.15, 0.2) is 0 Å². The van der Waals surface area contributed by atoms with Crippen molar-refractivity contribution in [2.45, 2.75) is 19.5 Å². The van der Waals surface area contributed by atoms with Gasteiger partial charge in [0.05, 0.1) is 12.2 Å². The first kappa shape index (κ1) is 15.5. The minimum Gasteiger partial charge on any atom is -0.395 e. The van der Waals surface area contributed by atoms with E-state index in [0.717, 1.165) is 12.1 Å².